The Morgan fingerprint density at radius 3 is 1.32 bits per heavy atom. The number of nitrogens with one attached hydrogen (secondary N) is 2. The first-order valence-corrected chi connectivity index (χ1v) is 6.61. The summed E-state index contributed by atoms with van der Waals surface area (Å²) in [5.74, 6) is -1.99. The molecule has 0 aliphatic carbocycles. The van der Waals surface area contributed by atoms with Gasteiger partial charge < -0.3 is 20.8 Å². The van der Waals surface area contributed by atoms with Gasteiger partial charge in [-0.3, -0.25) is 0 Å². The lowest BCUT2D eigenvalue weighted by Crippen LogP contribution is -2.19. The van der Waals surface area contributed by atoms with Gasteiger partial charge in [0.25, 0.3) is 0 Å². The van der Waals surface area contributed by atoms with Gasteiger partial charge in [-0.2, -0.15) is 0 Å². The van der Waals surface area contributed by atoms with E-state index in [-0.39, 0.29) is 11.1 Å². The van der Waals surface area contributed by atoms with E-state index in [9.17, 15) is 9.59 Å². The van der Waals surface area contributed by atoms with Crippen molar-refractivity contribution in [2.45, 2.75) is 0 Å². The standard InChI is InChI=1S/C15H12N2O4S/c18-13(19)9-1-5-11(6-2-9)16-15(22)17-12-7-3-10(4-8-12)14(20)21/h1-8H,(H,18,19)(H,20,21)(H2,16,17,22). The third-order valence-corrected chi connectivity index (χ3v) is 2.98. The second-order valence-corrected chi connectivity index (χ2v) is 4.75. The van der Waals surface area contributed by atoms with E-state index in [0.29, 0.717) is 16.5 Å². The molecule has 22 heavy (non-hydrogen) atoms. The average molecular weight is 316 g/mol. The smallest absolute Gasteiger partial charge is 0.335 e. The zero-order chi connectivity index (χ0) is 16.1. The van der Waals surface area contributed by atoms with Crippen LogP contribution in [0.1, 0.15) is 20.7 Å². The number of aromatic carboxylic acids is 2. The van der Waals surface area contributed by atoms with Crippen molar-refractivity contribution in [1.82, 2.24) is 0 Å². The first-order valence-electron chi connectivity index (χ1n) is 6.20. The Hall–Kier alpha value is -2.93. The maximum absolute atomic E-state index is 10.8. The third-order valence-electron chi connectivity index (χ3n) is 2.78. The molecule has 0 unspecified atom stereocenters. The van der Waals surface area contributed by atoms with Crippen molar-refractivity contribution in [3.05, 3.63) is 59.7 Å². The molecule has 0 radical (unpaired) electrons. The van der Waals surface area contributed by atoms with E-state index in [0.717, 1.165) is 0 Å². The molecule has 4 N–H and O–H groups in total. The van der Waals surface area contributed by atoms with Crippen molar-refractivity contribution >= 4 is 40.6 Å². The highest BCUT2D eigenvalue weighted by Crippen LogP contribution is 2.12. The SMILES string of the molecule is O=C(O)c1ccc(NC(=S)Nc2ccc(C(=O)O)cc2)cc1. The predicted molar refractivity (Wildman–Crippen MR) is 86.6 cm³/mol. The number of carboxylic acids is 2. The highest BCUT2D eigenvalue weighted by atomic mass is 32.1. The molecule has 2 rings (SSSR count). The zero-order valence-corrected chi connectivity index (χ0v) is 12.1. The van der Waals surface area contributed by atoms with Crippen LogP contribution in [0.25, 0.3) is 0 Å². The summed E-state index contributed by atoms with van der Waals surface area (Å²) in [7, 11) is 0. The van der Waals surface area contributed by atoms with Crippen molar-refractivity contribution in [3.8, 4) is 0 Å². The molecule has 0 atom stereocenters. The van der Waals surface area contributed by atoms with Crippen molar-refractivity contribution < 1.29 is 19.8 Å². The van der Waals surface area contributed by atoms with Gasteiger partial charge in [0.15, 0.2) is 5.11 Å². The topological polar surface area (TPSA) is 98.7 Å². The Morgan fingerprint density at radius 2 is 1.05 bits per heavy atom. The van der Waals surface area contributed by atoms with Crippen LogP contribution in [0.4, 0.5) is 11.4 Å². The quantitative estimate of drug-likeness (QED) is 0.644. The van der Waals surface area contributed by atoms with Crippen LogP contribution in [0.2, 0.25) is 0 Å². The minimum absolute atomic E-state index is 0.189. The van der Waals surface area contributed by atoms with Crippen molar-refractivity contribution in [1.29, 1.82) is 0 Å². The van der Waals surface area contributed by atoms with E-state index >= 15 is 0 Å². The van der Waals surface area contributed by atoms with E-state index in [1.165, 1.54) is 24.3 Å². The normalized spacial score (nSPS) is 9.82. The van der Waals surface area contributed by atoms with E-state index in [1.54, 1.807) is 24.3 Å². The summed E-state index contributed by atoms with van der Waals surface area (Å²) in [6, 6.07) is 12.3. The fraction of sp³-hybridized carbons (Fsp3) is 0. The van der Waals surface area contributed by atoms with Gasteiger partial charge in [-0.1, -0.05) is 0 Å². The molecule has 0 bridgehead atoms. The van der Waals surface area contributed by atoms with Gasteiger partial charge in [0.1, 0.15) is 0 Å². The number of carboxylic acid groups (broad SMARTS) is 2. The summed E-state index contributed by atoms with van der Waals surface area (Å²) in [5, 5.41) is 23.7. The number of rotatable bonds is 4. The highest BCUT2D eigenvalue weighted by molar-refractivity contribution is 7.80. The van der Waals surface area contributed by atoms with Crippen LogP contribution >= 0.6 is 12.2 Å². The van der Waals surface area contributed by atoms with Crippen molar-refractivity contribution in [2.24, 2.45) is 0 Å². The minimum atomic E-state index is -0.995. The summed E-state index contributed by atoms with van der Waals surface area (Å²) in [6.07, 6.45) is 0. The molecule has 112 valence electrons. The Morgan fingerprint density at radius 1 is 0.727 bits per heavy atom. The molecule has 0 aliphatic heterocycles. The average Bonchev–Trinajstić information content (AvgIpc) is 2.48. The first kappa shape index (κ1) is 15.5. The van der Waals surface area contributed by atoms with Gasteiger partial charge in [-0.05, 0) is 60.7 Å². The van der Waals surface area contributed by atoms with Crippen molar-refractivity contribution in [3.63, 3.8) is 0 Å². The second kappa shape index (κ2) is 6.68. The second-order valence-electron chi connectivity index (χ2n) is 4.34. The molecule has 0 heterocycles. The fourth-order valence-electron chi connectivity index (χ4n) is 1.69. The number of anilines is 2. The molecule has 0 spiro atoms. The minimum Gasteiger partial charge on any atom is -0.478 e. The van der Waals surface area contributed by atoms with Crippen LogP contribution in [-0.2, 0) is 0 Å². The van der Waals surface area contributed by atoms with Crippen LogP contribution in [0, 0.1) is 0 Å². The molecule has 0 aliphatic rings. The summed E-state index contributed by atoms with van der Waals surface area (Å²) in [5.41, 5.74) is 1.66. The van der Waals surface area contributed by atoms with E-state index in [1.807, 2.05) is 0 Å². The fourth-order valence-corrected chi connectivity index (χ4v) is 1.92. The van der Waals surface area contributed by atoms with Gasteiger partial charge in [-0.25, -0.2) is 9.59 Å². The number of hydrogen-bond acceptors (Lipinski definition) is 3. The summed E-state index contributed by atoms with van der Waals surface area (Å²) >= 11 is 5.13. The Bertz CT molecular complexity index is 650. The monoisotopic (exact) mass is 316 g/mol. The van der Waals surface area contributed by atoms with Crippen LogP contribution in [0.3, 0.4) is 0 Å². The lowest BCUT2D eigenvalue weighted by atomic mass is 10.2. The van der Waals surface area contributed by atoms with Gasteiger partial charge in [0.05, 0.1) is 11.1 Å². The number of thiocarbonyl (C=S) groups is 1. The molecule has 0 amide bonds. The molecule has 0 saturated heterocycles. The van der Waals surface area contributed by atoms with Gasteiger partial charge >= 0.3 is 11.9 Å². The van der Waals surface area contributed by atoms with E-state index in [4.69, 9.17) is 22.4 Å². The molecule has 2 aromatic rings. The molecule has 0 saturated carbocycles. The van der Waals surface area contributed by atoms with E-state index in [2.05, 4.69) is 10.6 Å². The Balaban J connectivity index is 1.97. The van der Waals surface area contributed by atoms with Crippen molar-refractivity contribution in [2.75, 3.05) is 10.6 Å². The number of benzene rings is 2. The number of carbonyl (C=O) groups is 2. The Labute approximate surface area is 131 Å². The van der Waals surface area contributed by atoms with Crippen LogP contribution in [0.5, 0.6) is 0 Å². The lowest BCUT2D eigenvalue weighted by Gasteiger charge is -2.10. The zero-order valence-electron chi connectivity index (χ0n) is 11.2. The molecule has 0 aromatic heterocycles. The van der Waals surface area contributed by atoms with Crippen LogP contribution < -0.4 is 10.6 Å². The van der Waals surface area contributed by atoms with Gasteiger partial charge in [-0.15, -0.1) is 0 Å². The molecule has 6 nitrogen and oxygen atoms in total. The summed E-state index contributed by atoms with van der Waals surface area (Å²) in [4.78, 5) is 21.5. The number of hydrogen-bond donors (Lipinski definition) is 4. The summed E-state index contributed by atoms with van der Waals surface area (Å²) < 4.78 is 0. The van der Waals surface area contributed by atoms with Crippen LogP contribution in [0.15, 0.2) is 48.5 Å². The summed E-state index contributed by atoms with van der Waals surface area (Å²) in [6.45, 7) is 0. The molecular weight excluding hydrogens is 304 g/mol. The van der Waals surface area contributed by atoms with E-state index < -0.39 is 11.9 Å². The molecule has 2 aromatic carbocycles. The molecule has 7 heteroatoms. The predicted octanol–water partition coefficient (Wildman–Crippen LogP) is 2.89. The maximum atomic E-state index is 10.8. The lowest BCUT2D eigenvalue weighted by molar-refractivity contribution is 0.0686. The maximum Gasteiger partial charge on any atom is 0.335 e. The van der Waals surface area contributed by atoms with Gasteiger partial charge in [0, 0.05) is 11.4 Å². The molecule has 0 fully saturated rings. The van der Waals surface area contributed by atoms with Crippen LogP contribution in [-0.4, -0.2) is 27.3 Å². The largest absolute Gasteiger partial charge is 0.478 e. The Kier molecular flexibility index (Phi) is 4.70. The first-order chi connectivity index (χ1) is 10.5. The molecular formula is C15H12N2O4S. The van der Waals surface area contributed by atoms with Gasteiger partial charge in [0.2, 0.25) is 0 Å². The third kappa shape index (κ3) is 4.03. The highest BCUT2D eigenvalue weighted by Gasteiger charge is 2.04.